The lowest BCUT2D eigenvalue weighted by molar-refractivity contribution is 0.124. The van der Waals surface area contributed by atoms with E-state index in [1.165, 1.54) is 38.3 Å². The van der Waals surface area contributed by atoms with Gasteiger partial charge >= 0.3 is 0 Å². The zero-order valence-corrected chi connectivity index (χ0v) is 22.1. The van der Waals surface area contributed by atoms with Gasteiger partial charge in [0.2, 0.25) is 0 Å². The van der Waals surface area contributed by atoms with Crippen molar-refractivity contribution in [3.8, 4) is 0 Å². The van der Waals surface area contributed by atoms with Crippen LogP contribution >= 0.6 is 24.0 Å². The summed E-state index contributed by atoms with van der Waals surface area (Å²) in [4.78, 5) is 9.60. The normalized spacial score (nSPS) is 17.3. The van der Waals surface area contributed by atoms with Crippen molar-refractivity contribution in [2.24, 2.45) is 10.9 Å². The monoisotopic (exact) mass is 529 g/mol. The fraction of sp³-hybridized carbons (Fsp3) is 0.708. The molecule has 0 radical (unpaired) electrons. The molecule has 1 aliphatic rings. The molecule has 1 aromatic rings. The molecule has 1 aromatic carbocycles. The average Bonchev–Trinajstić information content (AvgIpc) is 2.78. The molecule has 1 unspecified atom stereocenters. The molecule has 0 saturated carbocycles. The van der Waals surface area contributed by atoms with Gasteiger partial charge in [0.25, 0.3) is 0 Å². The Bertz CT molecular complexity index is 595. The predicted molar refractivity (Wildman–Crippen MR) is 141 cm³/mol. The van der Waals surface area contributed by atoms with Crippen LogP contribution < -0.4 is 10.6 Å². The number of guanidine groups is 1. The minimum absolute atomic E-state index is 0. The third kappa shape index (κ3) is 8.00. The molecule has 0 amide bonds. The number of hydrogen-bond acceptors (Lipinski definition) is 3. The number of rotatable bonds is 10. The number of benzene rings is 1. The van der Waals surface area contributed by atoms with Crippen LogP contribution in [0.2, 0.25) is 0 Å². The van der Waals surface area contributed by atoms with Crippen molar-refractivity contribution in [2.75, 3.05) is 59.4 Å². The van der Waals surface area contributed by atoms with Crippen LogP contribution in [0, 0.1) is 5.92 Å². The van der Waals surface area contributed by atoms with Crippen molar-refractivity contribution in [3.05, 3.63) is 35.9 Å². The van der Waals surface area contributed by atoms with Gasteiger partial charge in [-0.05, 0) is 30.9 Å². The largest absolute Gasteiger partial charge is 0.356 e. The Labute approximate surface area is 202 Å². The fourth-order valence-electron chi connectivity index (χ4n) is 4.34. The summed E-state index contributed by atoms with van der Waals surface area (Å²) in [5, 5.41) is 7.15. The van der Waals surface area contributed by atoms with Gasteiger partial charge in [-0.2, -0.15) is 0 Å². The molecule has 172 valence electrons. The molecule has 1 heterocycles. The molecule has 1 aliphatic heterocycles. The summed E-state index contributed by atoms with van der Waals surface area (Å²) in [6, 6.07) is 10.9. The molecule has 0 aliphatic carbocycles. The molecule has 1 fully saturated rings. The number of likely N-dealkylation sites (N-methyl/N-ethyl adjacent to an activating group) is 1. The maximum Gasteiger partial charge on any atom is 0.191 e. The summed E-state index contributed by atoms with van der Waals surface area (Å²) < 4.78 is 0. The molecule has 2 N–H and O–H groups in total. The van der Waals surface area contributed by atoms with E-state index in [0.29, 0.717) is 5.92 Å². The molecule has 0 aromatic heterocycles. The van der Waals surface area contributed by atoms with E-state index in [4.69, 9.17) is 0 Å². The molecule has 0 spiro atoms. The summed E-state index contributed by atoms with van der Waals surface area (Å²) in [7, 11) is 1.87. The van der Waals surface area contributed by atoms with Crippen LogP contribution in [-0.4, -0.2) is 75.2 Å². The first kappa shape index (κ1) is 27.2. The third-order valence-electron chi connectivity index (χ3n) is 6.66. The number of halogens is 1. The number of hydrogen-bond donors (Lipinski definition) is 2. The van der Waals surface area contributed by atoms with Crippen molar-refractivity contribution in [1.29, 1.82) is 0 Å². The quantitative estimate of drug-likeness (QED) is 0.275. The van der Waals surface area contributed by atoms with Crippen LogP contribution in [0.1, 0.15) is 46.1 Å². The number of nitrogens with zero attached hydrogens (tertiary/aromatic N) is 3. The Balaban J connectivity index is 0.00000450. The zero-order chi connectivity index (χ0) is 21.1. The molecule has 2 rings (SSSR count). The second kappa shape index (κ2) is 14.2. The van der Waals surface area contributed by atoms with E-state index in [1.54, 1.807) is 0 Å². The van der Waals surface area contributed by atoms with E-state index in [0.717, 1.165) is 38.4 Å². The van der Waals surface area contributed by atoms with Crippen LogP contribution in [0.3, 0.4) is 0 Å². The van der Waals surface area contributed by atoms with E-state index < -0.39 is 0 Å². The molecular weight excluding hydrogens is 485 g/mol. The lowest BCUT2D eigenvalue weighted by atomic mass is 9.76. The van der Waals surface area contributed by atoms with E-state index in [-0.39, 0.29) is 29.4 Å². The molecule has 30 heavy (non-hydrogen) atoms. The van der Waals surface area contributed by atoms with E-state index >= 15 is 0 Å². The van der Waals surface area contributed by atoms with Crippen molar-refractivity contribution in [1.82, 2.24) is 20.4 Å². The van der Waals surface area contributed by atoms with E-state index in [9.17, 15) is 0 Å². The number of aliphatic imine (C=N–C) groups is 1. The summed E-state index contributed by atoms with van der Waals surface area (Å²) in [6.45, 7) is 18.1. The van der Waals surface area contributed by atoms with Gasteiger partial charge in [-0.1, -0.05) is 58.0 Å². The van der Waals surface area contributed by atoms with Crippen molar-refractivity contribution >= 4 is 29.9 Å². The van der Waals surface area contributed by atoms with Crippen LogP contribution in [-0.2, 0) is 5.41 Å². The first-order valence-electron chi connectivity index (χ1n) is 11.5. The number of piperazine rings is 1. The van der Waals surface area contributed by atoms with Gasteiger partial charge in [-0.3, -0.25) is 4.99 Å². The van der Waals surface area contributed by atoms with Crippen molar-refractivity contribution in [2.45, 2.75) is 46.0 Å². The highest BCUT2D eigenvalue weighted by Gasteiger charge is 2.28. The third-order valence-corrected chi connectivity index (χ3v) is 6.66. The number of nitrogens with one attached hydrogen (secondary N) is 2. The van der Waals surface area contributed by atoms with Gasteiger partial charge in [0.15, 0.2) is 5.96 Å². The maximum atomic E-state index is 4.47. The van der Waals surface area contributed by atoms with Gasteiger partial charge in [0, 0.05) is 58.3 Å². The second-order valence-corrected chi connectivity index (χ2v) is 8.50. The Morgan fingerprint density at radius 1 is 1.00 bits per heavy atom. The zero-order valence-electron chi connectivity index (χ0n) is 19.8. The second-order valence-electron chi connectivity index (χ2n) is 8.50. The summed E-state index contributed by atoms with van der Waals surface area (Å²) >= 11 is 0. The minimum Gasteiger partial charge on any atom is -0.356 e. The average molecular weight is 530 g/mol. The molecule has 1 saturated heterocycles. The molecule has 0 bridgehead atoms. The van der Waals surface area contributed by atoms with Crippen molar-refractivity contribution < 1.29 is 0 Å². The lowest BCUT2D eigenvalue weighted by Gasteiger charge is -2.35. The Kier molecular flexibility index (Phi) is 12.9. The topological polar surface area (TPSA) is 42.9 Å². The van der Waals surface area contributed by atoms with Crippen LogP contribution in [0.15, 0.2) is 35.3 Å². The molecule has 6 heteroatoms. The molecule has 1 atom stereocenters. The van der Waals surface area contributed by atoms with Gasteiger partial charge in [-0.25, -0.2) is 0 Å². The molecule has 5 nitrogen and oxygen atoms in total. The van der Waals surface area contributed by atoms with Crippen LogP contribution in [0.5, 0.6) is 0 Å². The lowest BCUT2D eigenvalue weighted by Crippen LogP contribution is -2.49. The highest BCUT2D eigenvalue weighted by Crippen LogP contribution is 2.30. The van der Waals surface area contributed by atoms with Gasteiger partial charge in [0.1, 0.15) is 0 Å². The van der Waals surface area contributed by atoms with Crippen molar-refractivity contribution in [3.63, 3.8) is 0 Å². The minimum atomic E-state index is 0. The fourth-order valence-corrected chi connectivity index (χ4v) is 4.34. The predicted octanol–water partition coefficient (Wildman–Crippen LogP) is 3.80. The summed E-state index contributed by atoms with van der Waals surface area (Å²) in [5.74, 6) is 1.51. The van der Waals surface area contributed by atoms with Gasteiger partial charge in [0.05, 0.1) is 0 Å². The van der Waals surface area contributed by atoms with Crippen LogP contribution in [0.4, 0.5) is 0 Å². The Morgan fingerprint density at radius 2 is 1.60 bits per heavy atom. The first-order chi connectivity index (χ1) is 14.1. The van der Waals surface area contributed by atoms with E-state index in [2.05, 4.69) is 83.5 Å². The molecular formula is C24H44IN5. The SMILES string of the molecule is CCN1CCN(CC(C)CNC(=NC)NCC(CC)(CC)c2ccccc2)CC1.I. The summed E-state index contributed by atoms with van der Waals surface area (Å²) in [6.07, 6.45) is 2.22. The highest BCUT2D eigenvalue weighted by atomic mass is 127. The maximum absolute atomic E-state index is 4.47. The van der Waals surface area contributed by atoms with Crippen LogP contribution in [0.25, 0.3) is 0 Å². The van der Waals surface area contributed by atoms with Gasteiger partial charge in [-0.15, -0.1) is 24.0 Å². The van der Waals surface area contributed by atoms with E-state index in [1.807, 2.05) is 7.05 Å². The standard InChI is InChI=1S/C24H43N5.HI/c1-6-24(7-2,22-12-10-9-11-13-22)20-27-23(25-5)26-18-21(4)19-29-16-14-28(8-3)15-17-29;/h9-13,21H,6-8,14-20H2,1-5H3,(H2,25,26,27);1H. The Hall–Kier alpha value is -0.860. The first-order valence-corrected chi connectivity index (χ1v) is 11.5. The summed E-state index contributed by atoms with van der Waals surface area (Å²) in [5.41, 5.74) is 1.55. The van der Waals surface area contributed by atoms with Gasteiger partial charge < -0.3 is 20.4 Å². The smallest absolute Gasteiger partial charge is 0.191 e. The highest BCUT2D eigenvalue weighted by molar-refractivity contribution is 14.0. The Morgan fingerprint density at radius 3 is 2.13 bits per heavy atom.